The lowest BCUT2D eigenvalue weighted by atomic mass is 10.1. The summed E-state index contributed by atoms with van der Waals surface area (Å²) in [4.78, 5) is 7.26. The fourth-order valence-corrected chi connectivity index (χ4v) is 3.26. The minimum Gasteiger partial charge on any atom is -0.360 e. The van der Waals surface area contributed by atoms with Crippen LogP contribution in [0.25, 0.3) is 0 Å². The molecule has 2 N–H and O–H groups in total. The van der Waals surface area contributed by atoms with Gasteiger partial charge in [-0.3, -0.25) is 4.99 Å². The number of rotatable bonds is 14. The van der Waals surface area contributed by atoms with Gasteiger partial charge < -0.3 is 10.6 Å². The highest BCUT2D eigenvalue weighted by Gasteiger charge is 2.13. The zero-order valence-electron chi connectivity index (χ0n) is 17.1. The van der Waals surface area contributed by atoms with E-state index >= 15 is 0 Å². The number of amidine groups is 1. The molecule has 0 aromatic carbocycles. The Morgan fingerprint density at radius 3 is 2.81 bits per heavy atom. The van der Waals surface area contributed by atoms with Crippen LogP contribution in [0.4, 0.5) is 0 Å². The molecule has 0 radical (unpaired) electrons. The zero-order valence-corrected chi connectivity index (χ0v) is 17.1. The van der Waals surface area contributed by atoms with Gasteiger partial charge in [-0.25, -0.2) is 0 Å². The summed E-state index contributed by atoms with van der Waals surface area (Å²) in [5.74, 6) is 7.76. The molecule has 0 aromatic rings. The van der Waals surface area contributed by atoms with Crippen LogP contribution in [0.1, 0.15) is 90.4 Å². The fraction of sp³-hybridized carbons (Fsp3) is 0.783. The first kappa shape index (κ1) is 22.8. The number of hydrogen-bond acceptors (Lipinski definition) is 3. The van der Waals surface area contributed by atoms with Gasteiger partial charge in [-0.15, -0.1) is 0 Å². The molecule has 0 fully saturated rings. The van der Waals surface area contributed by atoms with Crippen molar-refractivity contribution >= 4 is 5.84 Å². The van der Waals surface area contributed by atoms with Crippen LogP contribution in [0.15, 0.2) is 17.1 Å². The summed E-state index contributed by atoms with van der Waals surface area (Å²) in [5, 5.41) is 0. The molecule has 0 saturated heterocycles. The summed E-state index contributed by atoms with van der Waals surface area (Å²) in [5.41, 5.74) is 5.61. The summed E-state index contributed by atoms with van der Waals surface area (Å²) < 4.78 is 0. The molecule has 1 aliphatic rings. The highest BCUT2D eigenvalue weighted by molar-refractivity contribution is 5.82. The van der Waals surface area contributed by atoms with Crippen LogP contribution in [0, 0.1) is 11.8 Å². The van der Waals surface area contributed by atoms with E-state index in [1.807, 2.05) is 6.08 Å². The van der Waals surface area contributed by atoms with E-state index in [1.165, 1.54) is 70.2 Å². The second kappa shape index (κ2) is 17.2. The molecule has 1 heterocycles. The second-order valence-corrected chi connectivity index (χ2v) is 7.27. The second-order valence-electron chi connectivity index (χ2n) is 7.27. The number of aliphatic imine (C=N–C) groups is 1. The first-order valence-electron chi connectivity index (χ1n) is 11.0. The molecule has 3 heteroatoms. The maximum Gasteiger partial charge on any atom is 0.0988 e. The molecule has 0 saturated carbocycles. The lowest BCUT2D eigenvalue weighted by Gasteiger charge is -2.29. The van der Waals surface area contributed by atoms with Gasteiger partial charge in [-0.05, 0) is 57.6 Å². The van der Waals surface area contributed by atoms with E-state index in [-0.39, 0.29) is 0 Å². The van der Waals surface area contributed by atoms with Crippen molar-refractivity contribution in [2.75, 3.05) is 26.2 Å². The predicted octanol–water partition coefficient (Wildman–Crippen LogP) is 5.31. The number of unbranched alkanes of at least 4 members (excludes halogenated alkanes) is 8. The Bertz CT molecular complexity index is 442. The molecule has 1 rings (SSSR count). The summed E-state index contributed by atoms with van der Waals surface area (Å²) in [6, 6.07) is 0. The van der Waals surface area contributed by atoms with Crippen molar-refractivity contribution in [2.24, 2.45) is 10.7 Å². The van der Waals surface area contributed by atoms with Crippen LogP contribution in [-0.2, 0) is 0 Å². The molecule has 0 bridgehead atoms. The quantitative estimate of drug-likeness (QED) is 0.337. The summed E-state index contributed by atoms with van der Waals surface area (Å²) in [6.45, 7) is 6.38. The van der Waals surface area contributed by atoms with Gasteiger partial charge in [0, 0.05) is 32.5 Å². The Kier molecular flexibility index (Phi) is 15.0. The number of nitrogens with two attached hydrogens (primary N) is 1. The largest absolute Gasteiger partial charge is 0.360 e. The summed E-state index contributed by atoms with van der Waals surface area (Å²) in [6.07, 6.45) is 20.2. The van der Waals surface area contributed by atoms with Crippen molar-refractivity contribution in [3.8, 4) is 11.8 Å². The lowest BCUT2D eigenvalue weighted by Crippen LogP contribution is -2.36. The van der Waals surface area contributed by atoms with E-state index in [0.29, 0.717) is 0 Å². The van der Waals surface area contributed by atoms with Gasteiger partial charge >= 0.3 is 0 Å². The van der Waals surface area contributed by atoms with Crippen molar-refractivity contribution in [3.63, 3.8) is 0 Å². The molecule has 0 aliphatic carbocycles. The van der Waals surface area contributed by atoms with Crippen LogP contribution < -0.4 is 5.73 Å². The number of nitrogens with zero attached hydrogens (tertiary/aromatic N) is 2. The maximum atomic E-state index is 5.61. The molecule has 0 atom stereocenters. The van der Waals surface area contributed by atoms with Gasteiger partial charge in [-0.2, -0.15) is 0 Å². The normalized spacial score (nSPS) is 14.4. The van der Waals surface area contributed by atoms with Crippen LogP contribution >= 0.6 is 0 Å². The Labute approximate surface area is 162 Å². The molecular formula is C23H41N3. The van der Waals surface area contributed by atoms with Gasteiger partial charge in [0.05, 0.1) is 5.84 Å². The molecule has 1 aliphatic heterocycles. The Hall–Kier alpha value is -1.27. The third-order valence-corrected chi connectivity index (χ3v) is 4.86. The van der Waals surface area contributed by atoms with Crippen LogP contribution in [0.2, 0.25) is 0 Å². The first-order valence-corrected chi connectivity index (χ1v) is 11.0. The fourth-order valence-electron chi connectivity index (χ4n) is 3.26. The molecule has 148 valence electrons. The van der Waals surface area contributed by atoms with Gasteiger partial charge in [0.25, 0.3) is 0 Å². The topological polar surface area (TPSA) is 41.6 Å². The first-order chi connectivity index (χ1) is 12.9. The standard InChI is InChI=1S/C23H41N3/c1-2-3-4-5-6-7-8-9-10-11-12-13-14-18-23-25-20-17-22-26(23)21-16-15-19-24/h9-10H,2-6,11-22,24H2,1H3/b10-9-. The summed E-state index contributed by atoms with van der Waals surface area (Å²) in [7, 11) is 0. The highest BCUT2D eigenvalue weighted by Crippen LogP contribution is 2.12. The Balaban J connectivity index is 2.04. The molecule has 0 spiro atoms. The maximum absolute atomic E-state index is 5.61. The molecule has 0 aromatic heterocycles. The van der Waals surface area contributed by atoms with E-state index in [4.69, 9.17) is 10.7 Å². The van der Waals surface area contributed by atoms with Gasteiger partial charge in [-0.1, -0.05) is 50.5 Å². The SMILES string of the molecule is CCCCCCC#C/C=C\CCCCCC1=NCCCN1CCCCN. The monoisotopic (exact) mass is 359 g/mol. The number of allylic oxidation sites excluding steroid dienone is 2. The highest BCUT2D eigenvalue weighted by atomic mass is 15.2. The van der Waals surface area contributed by atoms with Gasteiger partial charge in [0.1, 0.15) is 0 Å². The minimum absolute atomic E-state index is 0.803. The molecular weight excluding hydrogens is 318 g/mol. The van der Waals surface area contributed by atoms with Crippen molar-refractivity contribution in [3.05, 3.63) is 12.2 Å². The average Bonchev–Trinajstić information content (AvgIpc) is 2.67. The lowest BCUT2D eigenvalue weighted by molar-refractivity contribution is 0.374. The van der Waals surface area contributed by atoms with Gasteiger partial charge in [0.2, 0.25) is 0 Å². The molecule has 26 heavy (non-hydrogen) atoms. The Morgan fingerprint density at radius 1 is 1.08 bits per heavy atom. The van der Waals surface area contributed by atoms with Crippen LogP contribution in [-0.4, -0.2) is 36.9 Å². The Morgan fingerprint density at radius 2 is 1.96 bits per heavy atom. The minimum atomic E-state index is 0.803. The summed E-state index contributed by atoms with van der Waals surface area (Å²) >= 11 is 0. The van der Waals surface area contributed by atoms with Crippen molar-refractivity contribution in [2.45, 2.75) is 90.4 Å². The van der Waals surface area contributed by atoms with Crippen LogP contribution in [0.3, 0.4) is 0 Å². The molecule has 0 unspecified atom stereocenters. The van der Waals surface area contributed by atoms with Gasteiger partial charge in [0.15, 0.2) is 0 Å². The van der Waals surface area contributed by atoms with Crippen molar-refractivity contribution < 1.29 is 0 Å². The zero-order chi connectivity index (χ0) is 18.7. The molecule has 3 nitrogen and oxygen atoms in total. The van der Waals surface area contributed by atoms with E-state index in [9.17, 15) is 0 Å². The predicted molar refractivity (Wildman–Crippen MR) is 116 cm³/mol. The van der Waals surface area contributed by atoms with E-state index in [1.54, 1.807) is 0 Å². The third kappa shape index (κ3) is 12.1. The number of hydrogen-bond donors (Lipinski definition) is 1. The van der Waals surface area contributed by atoms with E-state index in [2.05, 4.69) is 29.7 Å². The van der Waals surface area contributed by atoms with E-state index < -0.39 is 0 Å². The van der Waals surface area contributed by atoms with E-state index in [0.717, 1.165) is 45.3 Å². The van der Waals surface area contributed by atoms with Crippen molar-refractivity contribution in [1.82, 2.24) is 4.90 Å². The van der Waals surface area contributed by atoms with Crippen LogP contribution in [0.5, 0.6) is 0 Å². The smallest absolute Gasteiger partial charge is 0.0988 e. The van der Waals surface area contributed by atoms with Crippen molar-refractivity contribution in [1.29, 1.82) is 0 Å². The average molecular weight is 360 g/mol. The molecule has 0 amide bonds. The third-order valence-electron chi connectivity index (χ3n) is 4.86.